The van der Waals surface area contributed by atoms with E-state index < -0.39 is 0 Å². The molecule has 2 heterocycles. The van der Waals surface area contributed by atoms with Gasteiger partial charge in [0.1, 0.15) is 11.9 Å². The van der Waals surface area contributed by atoms with Crippen molar-refractivity contribution in [1.29, 1.82) is 0 Å². The van der Waals surface area contributed by atoms with E-state index in [1.165, 1.54) is 25.1 Å². The number of nitrogens with one attached hydrogen (secondary N) is 2. The molecule has 2 saturated heterocycles. The number of aryl methyl sites for hydroxylation is 1. The Hall–Kier alpha value is -1.06. The smallest absolute Gasteiger partial charge is 0.191 e. The van der Waals surface area contributed by atoms with E-state index in [9.17, 15) is 0 Å². The van der Waals surface area contributed by atoms with Crippen molar-refractivity contribution in [3.05, 3.63) is 29.3 Å². The maximum Gasteiger partial charge on any atom is 0.191 e. The van der Waals surface area contributed by atoms with E-state index in [-0.39, 0.29) is 30.1 Å². The van der Waals surface area contributed by atoms with Crippen LogP contribution in [0.1, 0.15) is 30.9 Å². The molecule has 0 saturated carbocycles. The van der Waals surface area contributed by atoms with Gasteiger partial charge in [-0.2, -0.15) is 0 Å². The SMILES string of the molecule is CCN1CCC(CNC(=NC)NCc2ccc(C)cc2OC2CCOC2)C1.I. The van der Waals surface area contributed by atoms with E-state index in [4.69, 9.17) is 9.47 Å². The monoisotopic (exact) mass is 502 g/mol. The maximum atomic E-state index is 6.19. The molecule has 1 aromatic rings. The quantitative estimate of drug-likeness (QED) is 0.341. The van der Waals surface area contributed by atoms with Gasteiger partial charge in [0.15, 0.2) is 5.96 Å². The minimum absolute atomic E-state index is 0. The first-order valence-electron chi connectivity index (χ1n) is 10.2. The average Bonchev–Trinajstić information content (AvgIpc) is 3.35. The van der Waals surface area contributed by atoms with Gasteiger partial charge in [-0.05, 0) is 44.0 Å². The Morgan fingerprint density at radius 2 is 2.18 bits per heavy atom. The standard InChI is InChI=1S/C21H34N4O2.HI/c1-4-25-9-7-17(14-25)12-23-21(22-3)24-13-18-6-5-16(2)11-20(18)27-19-8-10-26-15-19;/h5-6,11,17,19H,4,7-10,12-15H2,1-3H3,(H2,22,23,24);1H. The Balaban J connectivity index is 0.00000280. The molecular formula is C21H35IN4O2. The molecule has 1 aromatic carbocycles. The number of nitrogens with zero attached hydrogens (tertiary/aromatic N) is 2. The van der Waals surface area contributed by atoms with Gasteiger partial charge in [0.2, 0.25) is 0 Å². The zero-order valence-electron chi connectivity index (χ0n) is 17.4. The lowest BCUT2D eigenvalue weighted by molar-refractivity contribution is 0.140. The minimum atomic E-state index is 0. The van der Waals surface area contributed by atoms with Gasteiger partial charge in [-0.3, -0.25) is 4.99 Å². The van der Waals surface area contributed by atoms with Crippen molar-refractivity contribution in [3.63, 3.8) is 0 Å². The minimum Gasteiger partial charge on any atom is -0.488 e. The molecule has 0 amide bonds. The summed E-state index contributed by atoms with van der Waals surface area (Å²) in [6, 6.07) is 6.38. The summed E-state index contributed by atoms with van der Waals surface area (Å²) in [4.78, 5) is 6.88. The summed E-state index contributed by atoms with van der Waals surface area (Å²) in [6.45, 7) is 11.0. The van der Waals surface area contributed by atoms with Crippen molar-refractivity contribution < 1.29 is 9.47 Å². The van der Waals surface area contributed by atoms with Crippen LogP contribution in [0, 0.1) is 12.8 Å². The van der Waals surface area contributed by atoms with Crippen LogP contribution in [-0.2, 0) is 11.3 Å². The van der Waals surface area contributed by atoms with E-state index in [0.29, 0.717) is 19.1 Å². The van der Waals surface area contributed by atoms with Crippen LogP contribution in [0.5, 0.6) is 5.75 Å². The first-order chi connectivity index (χ1) is 13.2. The lowest BCUT2D eigenvalue weighted by atomic mass is 10.1. The lowest BCUT2D eigenvalue weighted by Crippen LogP contribution is -2.40. The molecule has 28 heavy (non-hydrogen) atoms. The van der Waals surface area contributed by atoms with Crippen molar-refractivity contribution in [2.45, 2.75) is 39.3 Å². The molecule has 2 aliphatic rings. The van der Waals surface area contributed by atoms with Crippen LogP contribution in [0.4, 0.5) is 0 Å². The lowest BCUT2D eigenvalue weighted by Gasteiger charge is -2.19. The van der Waals surface area contributed by atoms with E-state index in [1.54, 1.807) is 0 Å². The summed E-state index contributed by atoms with van der Waals surface area (Å²) in [7, 11) is 1.82. The molecule has 2 aliphatic heterocycles. The summed E-state index contributed by atoms with van der Waals surface area (Å²) in [5, 5.41) is 6.92. The summed E-state index contributed by atoms with van der Waals surface area (Å²) in [5.41, 5.74) is 2.35. The van der Waals surface area contributed by atoms with Gasteiger partial charge in [0, 0.05) is 38.7 Å². The number of benzene rings is 1. The highest BCUT2D eigenvalue weighted by Gasteiger charge is 2.21. The molecule has 2 atom stereocenters. The van der Waals surface area contributed by atoms with Gasteiger partial charge < -0.3 is 25.0 Å². The van der Waals surface area contributed by atoms with Crippen LogP contribution in [0.15, 0.2) is 23.2 Å². The summed E-state index contributed by atoms with van der Waals surface area (Å²) in [6.07, 6.45) is 2.38. The Bertz CT molecular complexity index is 635. The Morgan fingerprint density at radius 3 is 2.86 bits per heavy atom. The largest absolute Gasteiger partial charge is 0.488 e. The third kappa shape index (κ3) is 6.77. The molecule has 2 unspecified atom stereocenters. The summed E-state index contributed by atoms with van der Waals surface area (Å²) >= 11 is 0. The van der Waals surface area contributed by atoms with Crippen LogP contribution in [-0.4, -0.2) is 63.4 Å². The first-order valence-corrected chi connectivity index (χ1v) is 10.2. The van der Waals surface area contributed by atoms with Crippen molar-refractivity contribution in [2.75, 3.05) is 46.4 Å². The van der Waals surface area contributed by atoms with E-state index in [0.717, 1.165) is 43.4 Å². The molecular weight excluding hydrogens is 467 g/mol. The second kappa shape index (κ2) is 11.8. The number of hydrogen-bond donors (Lipinski definition) is 2. The number of aliphatic imine (C=N–C) groups is 1. The molecule has 0 aliphatic carbocycles. The molecule has 2 N–H and O–H groups in total. The molecule has 0 bridgehead atoms. The van der Waals surface area contributed by atoms with Crippen LogP contribution in [0.25, 0.3) is 0 Å². The van der Waals surface area contributed by atoms with E-state index in [2.05, 4.69) is 52.6 Å². The first kappa shape index (κ1) is 23.2. The second-order valence-electron chi connectivity index (χ2n) is 7.57. The van der Waals surface area contributed by atoms with E-state index in [1.807, 2.05) is 7.05 Å². The normalized spacial score (nSPS) is 22.8. The van der Waals surface area contributed by atoms with Crippen molar-refractivity contribution in [1.82, 2.24) is 15.5 Å². The van der Waals surface area contributed by atoms with Gasteiger partial charge in [0.05, 0.1) is 13.2 Å². The third-order valence-corrected chi connectivity index (χ3v) is 5.45. The predicted molar refractivity (Wildman–Crippen MR) is 125 cm³/mol. The van der Waals surface area contributed by atoms with Crippen LogP contribution < -0.4 is 15.4 Å². The van der Waals surface area contributed by atoms with Gasteiger partial charge in [-0.15, -0.1) is 24.0 Å². The highest BCUT2D eigenvalue weighted by Crippen LogP contribution is 2.23. The fraction of sp³-hybridized carbons (Fsp3) is 0.667. The second-order valence-corrected chi connectivity index (χ2v) is 7.57. The predicted octanol–water partition coefficient (Wildman–Crippen LogP) is 2.79. The molecule has 158 valence electrons. The molecule has 3 rings (SSSR count). The van der Waals surface area contributed by atoms with Gasteiger partial charge >= 0.3 is 0 Å². The van der Waals surface area contributed by atoms with Crippen molar-refractivity contribution >= 4 is 29.9 Å². The van der Waals surface area contributed by atoms with Crippen LogP contribution >= 0.6 is 24.0 Å². The van der Waals surface area contributed by atoms with Crippen molar-refractivity contribution in [3.8, 4) is 5.75 Å². The van der Waals surface area contributed by atoms with Gasteiger partial charge in [-0.1, -0.05) is 19.1 Å². The topological polar surface area (TPSA) is 58.1 Å². The highest BCUT2D eigenvalue weighted by atomic mass is 127. The van der Waals surface area contributed by atoms with Gasteiger partial charge in [0.25, 0.3) is 0 Å². The Morgan fingerprint density at radius 1 is 1.32 bits per heavy atom. The number of hydrogen-bond acceptors (Lipinski definition) is 4. The van der Waals surface area contributed by atoms with Gasteiger partial charge in [-0.25, -0.2) is 0 Å². The third-order valence-electron chi connectivity index (χ3n) is 5.45. The molecule has 2 fully saturated rings. The van der Waals surface area contributed by atoms with Crippen molar-refractivity contribution in [2.24, 2.45) is 10.9 Å². The Labute approximate surface area is 186 Å². The zero-order chi connectivity index (χ0) is 19.1. The average molecular weight is 502 g/mol. The fourth-order valence-corrected chi connectivity index (χ4v) is 3.71. The number of ether oxygens (including phenoxy) is 2. The fourth-order valence-electron chi connectivity index (χ4n) is 3.71. The number of likely N-dealkylation sites (tertiary alicyclic amines) is 1. The summed E-state index contributed by atoms with van der Waals surface area (Å²) < 4.78 is 11.6. The number of rotatable bonds is 7. The van der Waals surface area contributed by atoms with Crippen LogP contribution in [0.2, 0.25) is 0 Å². The van der Waals surface area contributed by atoms with E-state index >= 15 is 0 Å². The highest BCUT2D eigenvalue weighted by molar-refractivity contribution is 14.0. The number of halogens is 1. The zero-order valence-corrected chi connectivity index (χ0v) is 19.7. The molecule has 6 nitrogen and oxygen atoms in total. The molecule has 0 aromatic heterocycles. The van der Waals surface area contributed by atoms with Crippen LogP contribution in [0.3, 0.4) is 0 Å². The maximum absolute atomic E-state index is 6.19. The summed E-state index contributed by atoms with van der Waals surface area (Å²) in [5.74, 6) is 2.49. The molecule has 0 radical (unpaired) electrons. The Kier molecular flexibility index (Phi) is 9.81. The number of guanidine groups is 1. The molecule has 0 spiro atoms. The molecule has 7 heteroatoms.